The van der Waals surface area contributed by atoms with Gasteiger partial charge >= 0.3 is 17.3 Å². The SMILES string of the molecule is C=COc1ccc(N(C)c2nc(=O)n(C[C@H](C)C(=O)O)c(=O)n2Cc2ccc(C)cc2)cc1Cl. The number of hydrogen-bond donors (Lipinski definition) is 1. The van der Waals surface area contributed by atoms with Crippen molar-refractivity contribution in [1.29, 1.82) is 0 Å². The fourth-order valence-corrected chi connectivity index (χ4v) is 3.52. The van der Waals surface area contributed by atoms with Gasteiger partial charge in [0.25, 0.3) is 0 Å². The van der Waals surface area contributed by atoms with Crippen LogP contribution in [0.15, 0.2) is 64.9 Å². The summed E-state index contributed by atoms with van der Waals surface area (Å²) in [5.41, 5.74) is 0.935. The number of rotatable bonds is 9. The standard InChI is InChI=1S/C24H25ClN4O5/c1-5-34-20-11-10-18(12-19(20)25)27(4)22-26-23(32)29(13-16(3)21(30)31)24(33)28(22)14-17-8-6-15(2)7-9-17/h5-12,16H,1,13-14H2,2-4H3,(H,30,31)/t16-/m0/s1. The number of aliphatic carboxylic acids is 1. The zero-order valence-corrected chi connectivity index (χ0v) is 19.8. The molecule has 0 unspecified atom stereocenters. The van der Waals surface area contributed by atoms with Crippen LogP contribution in [0.5, 0.6) is 5.75 Å². The molecule has 0 aliphatic carbocycles. The van der Waals surface area contributed by atoms with Gasteiger partial charge in [0.1, 0.15) is 5.75 Å². The molecule has 0 aliphatic rings. The van der Waals surface area contributed by atoms with Gasteiger partial charge in [-0.15, -0.1) is 0 Å². The highest BCUT2D eigenvalue weighted by Gasteiger charge is 2.21. The summed E-state index contributed by atoms with van der Waals surface area (Å²) < 4.78 is 7.42. The first kappa shape index (κ1) is 24.8. The van der Waals surface area contributed by atoms with Crippen LogP contribution in [0.25, 0.3) is 0 Å². The summed E-state index contributed by atoms with van der Waals surface area (Å²) in [5, 5.41) is 9.56. The van der Waals surface area contributed by atoms with Crippen molar-refractivity contribution in [3.8, 4) is 5.75 Å². The van der Waals surface area contributed by atoms with Crippen molar-refractivity contribution in [2.45, 2.75) is 26.9 Å². The van der Waals surface area contributed by atoms with E-state index < -0.39 is 23.3 Å². The molecule has 34 heavy (non-hydrogen) atoms. The predicted octanol–water partition coefficient (Wildman–Crippen LogP) is 3.43. The number of halogens is 1. The van der Waals surface area contributed by atoms with Crippen molar-refractivity contribution < 1.29 is 14.6 Å². The molecule has 0 saturated carbocycles. The molecule has 0 spiro atoms. The molecule has 9 nitrogen and oxygen atoms in total. The minimum Gasteiger partial charge on any atom is -0.481 e. The Morgan fingerprint density at radius 1 is 1.24 bits per heavy atom. The quantitative estimate of drug-likeness (QED) is 0.464. The Balaban J connectivity index is 2.14. The van der Waals surface area contributed by atoms with Crippen LogP contribution < -0.4 is 21.0 Å². The van der Waals surface area contributed by atoms with Crippen molar-refractivity contribution in [3.63, 3.8) is 0 Å². The number of hydrogen-bond acceptors (Lipinski definition) is 6. The van der Waals surface area contributed by atoms with Crippen molar-refractivity contribution in [1.82, 2.24) is 14.1 Å². The number of carboxylic acids is 1. The first-order chi connectivity index (χ1) is 16.1. The highest BCUT2D eigenvalue weighted by Crippen LogP contribution is 2.31. The zero-order chi connectivity index (χ0) is 25.0. The topological polar surface area (TPSA) is 107 Å². The zero-order valence-electron chi connectivity index (χ0n) is 19.1. The number of carboxylic acid groups (broad SMARTS) is 1. The van der Waals surface area contributed by atoms with E-state index in [4.69, 9.17) is 16.3 Å². The molecular formula is C24H25ClN4O5. The van der Waals surface area contributed by atoms with E-state index in [-0.39, 0.29) is 19.0 Å². The van der Waals surface area contributed by atoms with Crippen LogP contribution in [0.2, 0.25) is 5.02 Å². The summed E-state index contributed by atoms with van der Waals surface area (Å²) in [6.45, 7) is 6.71. The molecule has 0 bridgehead atoms. The van der Waals surface area contributed by atoms with Crippen LogP contribution in [0.3, 0.4) is 0 Å². The van der Waals surface area contributed by atoms with Gasteiger partial charge in [-0.1, -0.05) is 54.9 Å². The molecule has 3 rings (SSSR count). The lowest BCUT2D eigenvalue weighted by Gasteiger charge is -2.23. The second-order valence-electron chi connectivity index (χ2n) is 7.86. The second kappa shape index (κ2) is 10.4. The molecule has 1 N–H and O–H groups in total. The summed E-state index contributed by atoms with van der Waals surface area (Å²) in [4.78, 5) is 43.2. The molecule has 10 heteroatoms. The molecular weight excluding hydrogens is 460 g/mol. The maximum Gasteiger partial charge on any atom is 0.354 e. The van der Waals surface area contributed by atoms with Gasteiger partial charge in [-0.3, -0.25) is 9.36 Å². The first-order valence-corrected chi connectivity index (χ1v) is 10.8. The molecule has 1 atom stereocenters. The lowest BCUT2D eigenvalue weighted by Crippen LogP contribution is -2.45. The molecule has 3 aromatic rings. The molecule has 178 valence electrons. The van der Waals surface area contributed by atoms with Crippen LogP contribution >= 0.6 is 11.6 Å². The van der Waals surface area contributed by atoms with Crippen LogP contribution in [0.4, 0.5) is 11.6 Å². The fourth-order valence-electron chi connectivity index (χ4n) is 3.30. The van der Waals surface area contributed by atoms with Crippen molar-refractivity contribution in [2.24, 2.45) is 5.92 Å². The van der Waals surface area contributed by atoms with Crippen molar-refractivity contribution >= 4 is 29.2 Å². The van der Waals surface area contributed by atoms with Crippen molar-refractivity contribution in [3.05, 3.63) is 92.4 Å². The van der Waals surface area contributed by atoms with Gasteiger partial charge in [-0.2, -0.15) is 4.98 Å². The number of aryl methyl sites for hydroxylation is 1. The summed E-state index contributed by atoms with van der Waals surface area (Å²) in [6, 6.07) is 12.5. The Bertz CT molecular complexity index is 1330. The van der Waals surface area contributed by atoms with Crippen LogP contribution in [-0.4, -0.2) is 32.2 Å². The highest BCUT2D eigenvalue weighted by molar-refractivity contribution is 6.32. The maximum atomic E-state index is 13.4. The Labute approximate surface area is 201 Å². The largest absolute Gasteiger partial charge is 0.481 e. The van der Waals surface area contributed by atoms with Gasteiger partial charge < -0.3 is 14.7 Å². The molecule has 0 aliphatic heterocycles. The minimum absolute atomic E-state index is 0.0864. The Kier molecular flexibility index (Phi) is 7.57. The van der Waals surface area contributed by atoms with E-state index in [1.54, 1.807) is 30.1 Å². The summed E-state index contributed by atoms with van der Waals surface area (Å²) in [6.07, 6.45) is 1.25. The van der Waals surface area contributed by atoms with Gasteiger partial charge in [0, 0.05) is 19.3 Å². The number of anilines is 2. The summed E-state index contributed by atoms with van der Waals surface area (Å²) >= 11 is 6.29. The maximum absolute atomic E-state index is 13.4. The van der Waals surface area contributed by atoms with Crippen LogP contribution in [-0.2, 0) is 17.9 Å². The monoisotopic (exact) mass is 484 g/mol. The Morgan fingerprint density at radius 2 is 1.91 bits per heavy atom. The molecule has 1 heterocycles. The number of nitrogens with zero attached hydrogens (tertiary/aromatic N) is 4. The van der Waals surface area contributed by atoms with E-state index in [2.05, 4.69) is 11.6 Å². The summed E-state index contributed by atoms with van der Waals surface area (Å²) in [5.74, 6) is -1.57. The van der Waals surface area contributed by atoms with Crippen molar-refractivity contribution in [2.75, 3.05) is 11.9 Å². The fraction of sp³-hybridized carbons (Fsp3) is 0.250. The van der Waals surface area contributed by atoms with E-state index in [9.17, 15) is 19.5 Å². The van der Waals surface area contributed by atoms with Gasteiger partial charge in [-0.05, 0) is 30.7 Å². The highest BCUT2D eigenvalue weighted by atomic mass is 35.5. The van der Waals surface area contributed by atoms with E-state index >= 15 is 0 Å². The Hall–Kier alpha value is -3.85. The summed E-state index contributed by atoms with van der Waals surface area (Å²) in [7, 11) is 1.65. The average molecular weight is 485 g/mol. The van der Waals surface area contributed by atoms with Crippen LogP contribution in [0, 0.1) is 12.8 Å². The molecule has 0 fully saturated rings. The number of carbonyl (C=O) groups is 1. The van der Waals surface area contributed by atoms with E-state index in [0.717, 1.165) is 15.7 Å². The van der Waals surface area contributed by atoms with E-state index in [0.29, 0.717) is 16.5 Å². The van der Waals surface area contributed by atoms with Crippen LogP contribution in [0.1, 0.15) is 18.1 Å². The third-order valence-electron chi connectivity index (χ3n) is 5.28. The molecule has 0 saturated heterocycles. The van der Waals surface area contributed by atoms with Gasteiger partial charge in [0.2, 0.25) is 5.95 Å². The normalized spacial score (nSPS) is 11.6. The smallest absolute Gasteiger partial charge is 0.354 e. The van der Waals surface area contributed by atoms with Gasteiger partial charge in [0.05, 0.1) is 23.7 Å². The Morgan fingerprint density at radius 3 is 2.50 bits per heavy atom. The molecule has 2 aromatic carbocycles. The van der Waals surface area contributed by atoms with Gasteiger partial charge in [-0.25, -0.2) is 14.2 Å². The van der Waals surface area contributed by atoms with E-state index in [1.807, 2.05) is 31.2 Å². The predicted molar refractivity (Wildman–Crippen MR) is 130 cm³/mol. The van der Waals surface area contributed by atoms with Gasteiger partial charge in [0.15, 0.2) is 0 Å². The molecule has 0 amide bonds. The van der Waals surface area contributed by atoms with E-state index in [1.165, 1.54) is 17.8 Å². The third-order valence-corrected chi connectivity index (χ3v) is 5.58. The lowest BCUT2D eigenvalue weighted by atomic mass is 10.1. The number of aromatic nitrogens is 3. The number of ether oxygens (including phenoxy) is 1. The second-order valence-corrected chi connectivity index (χ2v) is 8.26. The molecule has 1 aromatic heterocycles. The lowest BCUT2D eigenvalue weighted by molar-refractivity contribution is -0.141. The molecule has 0 radical (unpaired) electrons. The number of benzene rings is 2. The first-order valence-electron chi connectivity index (χ1n) is 10.4. The minimum atomic E-state index is -1.12. The average Bonchev–Trinajstić information content (AvgIpc) is 2.80. The third kappa shape index (κ3) is 5.37.